The fourth-order valence-electron chi connectivity index (χ4n) is 1.57. The van der Waals surface area contributed by atoms with Gasteiger partial charge in [-0.1, -0.05) is 6.92 Å². The molecule has 0 aromatic heterocycles. The number of rotatable bonds is 6. The first-order valence-corrected chi connectivity index (χ1v) is 5.20. The van der Waals surface area contributed by atoms with Gasteiger partial charge < -0.3 is 19.3 Å². The number of aliphatic hydroxyl groups is 1. The first-order chi connectivity index (χ1) is 6.52. The summed E-state index contributed by atoms with van der Waals surface area (Å²) in [7, 11) is 0. The molecule has 0 aromatic rings. The molecule has 1 saturated heterocycles. The summed E-state index contributed by atoms with van der Waals surface area (Å²) in [4.78, 5) is 0. The summed E-state index contributed by atoms with van der Waals surface area (Å²) >= 11 is 0. The zero-order chi connectivity index (χ0) is 10.8. The molecule has 1 aliphatic rings. The van der Waals surface area contributed by atoms with Crippen molar-refractivity contribution >= 4 is 0 Å². The van der Waals surface area contributed by atoms with Crippen LogP contribution in [0.1, 0.15) is 34.1 Å². The SMILES string of the molecule is CCOC(O)(OCC)C1OC1(C)CC. The first kappa shape index (κ1) is 11.9. The van der Waals surface area contributed by atoms with Crippen molar-refractivity contribution in [1.29, 1.82) is 0 Å². The molecule has 2 unspecified atom stereocenters. The van der Waals surface area contributed by atoms with E-state index in [9.17, 15) is 5.11 Å². The lowest BCUT2D eigenvalue weighted by Gasteiger charge is -2.26. The lowest BCUT2D eigenvalue weighted by atomic mass is 10.0. The highest BCUT2D eigenvalue weighted by Gasteiger charge is 2.64. The van der Waals surface area contributed by atoms with Gasteiger partial charge in [0.15, 0.2) is 6.10 Å². The molecule has 4 heteroatoms. The summed E-state index contributed by atoms with van der Waals surface area (Å²) in [6.45, 7) is 8.39. The van der Waals surface area contributed by atoms with Crippen LogP contribution in [-0.2, 0) is 14.2 Å². The predicted molar refractivity (Wildman–Crippen MR) is 51.8 cm³/mol. The first-order valence-electron chi connectivity index (χ1n) is 5.20. The average molecular weight is 204 g/mol. The van der Waals surface area contributed by atoms with Crippen LogP contribution in [0.4, 0.5) is 0 Å². The second-order valence-electron chi connectivity index (χ2n) is 3.66. The highest BCUT2D eigenvalue weighted by atomic mass is 16.8. The van der Waals surface area contributed by atoms with E-state index in [0.29, 0.717) is 13.2 Å². The summed E-state index contributed by atoms with van der Waals surface area (Å²) in [5.41, 5.74) is -0.306. The molecule has 1 fully saturated rings. The maximum Gasteiger partial charge on any atom is 0.311 e. The summed E-state index contributed by atoms with van der Waals surface area (Å²) in [6, 6.07) is 0. The fraction of sp³-hybridized carbons (Fsp3) is 1.00. The Hall–Kier alpha value is -0.160. The Morgan fingerprint density at radius 3 is 2.07 bits per heavy atom. The molecule has 1 aliphatic heterocycles. The molecule has 1 heterocycles. The van der Waals surface area contributed by atoms with Crippen LogP contribution in [0.25, 0.3) is 0 Å². The van der Waals surface area contributed by atoms with E-state index in [4.69, 9.17) is 14.2 Å². The Bertz CT molecular complexity index is 189. The second-order valence-corrected chi connectivity index (χ2v) is 3.66. The molecule has 0 aliphatic carbocycles. The zero-order valence-corrected chi connectivity index (χ0v) is 9.37. The van der Waals surface area contributed by atoms with Crippen molar-refractivity contribution in [3.63, 3.8) is 0 Å². The zero-order valence-electron chi connectivity index (χ0n) is 9.37. The summed E-state index contributed by atoms with van der Waals surface area (Å²) < 4.78 is 15.8. The average Bonchev–Trinajstić information content (AvgIpc) is 2.81. The molecule has 4 nitrogen and oxygen atoms in total. The molecule has 0 spiro atoms. The number of hydrogen-bond acceptors (Lipinski definition) is 4. The predicted octanol–water partition coefficient (Wildman–Crippen LogP) is 1.27. The molecule has 0 saturated carbocycles. The third-order valence-corrected chi connectivity index (χ3v) is 2.62. The summed E-state index contributed by atoms with van der Waals surface area (Å²) in [5.74, 6) is -1.58. The van der Waals surface area contributed by atoms with Gasteiger partial charge in [-0.25, -0.2) is 0 Å². The van der Waals surface area contributed by atoms with Gasteiger partial charge in [-0.15, -0.1) is 0 Å². The topological polar surface area (TPSA) is 51.2 Å². The van der Waals surface area contributed by atoms with Crippen LogP contribution in [0, 0.1) is 0 Å². The van der Waals surface area contributed by atoms with E-state index in [1.807, 2.05) is 27.7 Å². The third kappa shape index (κ3) is 2.08. The molecule has 1 N–H and O–H groups in total. The highest BCUT2D eigenvalue weighted by molar-refractivity contribution is 5.02. The molecular formula is C10H20O4. The normalized spacial score (nSPS) is 31.9. The molecule has 2 atom stereocenters. The lowest BCUT2D eigenvalue weighted by Crippen LogP contribution is -2.44. The lowest BCUT2D eigenvalue weighted by molar-refractivity contribution is -0.365. The Balaban J connectivity index is 2.61. The molecule has 14 heavy (non-hydrogen) atoms. The van der Waals surface area contributed by atoms with Crippen LogP contribution in [0.2, 0.25) is 0 Å². The van der Waals surface area contributed by atoms with Crippen molar-refractivity contribution < 1.29 is 19.3 Å². The smallest absolute Gasteiger partial charge is 0.311 e. The quantitative estimate of drug-likeness (QED) is 0.523. The van der Waals surface area contributed by atoms with Gasteiger partial charge in [0.2, 0.25) is 0 Å². The Kier molecular flexibility index (Phi) is 3.53. The molecule has 0 amide bonds. The van der Waals surface area contributed by atoms with E-state index in [1.54, 1.807) is 0 Å². The Morgan fingerprint density at radius 1 is 1.29 bits per heavy atom. The molecule has 0 radical (unpaired) electrons. The van der Waals surface area contributed by atoms with Gasteiger partial charge in [-0.2, -0.15) is 0 Å². The van der Waals surface area contributed by atoms with Crippen molar-refractivity contribution in [3.05, 3.63) is 0 Å². The van der Waals surface area contributed by atoms with Crippen molar-refractivity contribution in [1.82, 2.24) is 0 Å². The number of epoxide rings is 1. The van der Waals surface area contributed by atoms with Crippen molar-refractivity contribution in [2.75, 3.05) is 13.2 Å². The largest absolute Gasteiger partial charge is 0.358 e. The summed E-state index contributed by atoms with van der Waals surface area (Å²) in [6.07, 6.45) is 0.458. The molecule has 84 valence electrons. The monoisotopic (exact) mass is 204 g/mol. The van der Waals surface area contributed by atoms with E-state index < -0.39 is 5.97 Å². The van der Waals surface area contributed by atoms with Gasteiger partial charge in [0, 0.05) is 13.2 Å². The second kappa shape index (κ2) is 4.14. The van der Waals surface area contributed by atoms with E-state index >= 15 is 0 Å². The van der Waals surface area contributed by atoms with E-state index in [2.05, 4.69) is 0 Å². The fourth-order valence-corrected chi connectivity index (χ4v) is 1.57. The molecular weight excluding hydrogens is 184 g/mol. The van der Waals surface area contributed by atoms with Crippen LogP contribution in [0.5, 0.6) is 0 Å². The maximum absolute atomic E-state index is 10.0. The van der Waals surface area contributed by atoms with Crippen LogP contribution in [-0.4, -0.2) is 36.0 Å². The van der Waals surface area contributed by atoms with Gasteiger partial charge in [0.1, 0.15) is 5.60 Å². The highest BCUT2D eigenvalue weighted by Crippen LogP contribution is 2.46. The van der Waals surface area contributed by atoms with Gasteiger partial charge in [-0.3, -0.25) is 0 Å². The number of ether oxygens (including phenoxy) is 3. The van der Waals surface area contributed by atoms with E-state index in [1.165, 1.54) is 0 Å². The van der Waals surface area contributed by atoms with Gasteiger partial charge in [-0.05, 0) is 27.2 Å². The van der Waals surface area contributed by atoms with Crippen LogP contribution < -0.4 is 0 Å². The van der Waals surface area contributed by atoms with Gasteiger partial charge >= 0.3 is 5.97 Å². The van der Waals surface area contributed by atoms with E-state index in [-0.39, 0.29) is 11.7 Å². The van der Waals surface area contributed by atoms with Gasteiger partial charge in [0.05, 0.1) is 0 Å². The van der Waals surface area contributed by atoms with E-state index in [0.717, 1.165) is 6.42 Å². The molecule has 0 bridgehead atoms. The minimum Gasteiger partial charge on any atom is -0.358 e. The maximum atomic E-state index is 10.0. The van der Waals surface area contributed by atoms with Crippen LogP contribution in [0.15, 0.2) is 0 Å². The minimum absolute atomic E-state index is 0.306. The Morgan fingerprint density at radius 2 is 1.79 bits per heavy atom. The van der Waals surface area contributed by atoms with Crippen molar-refractivity contribution in [2.45, 2.75) is 51.8 Å². The van der Waals surface area contributed by atoms with Crippen LogP contribution >= 0.6 is 0 Å². The molecule has 0 aromatic carbocycles. The standard InChI is InChI=1S/C10H20O4/c1-5-9(4)8(14-9)10(11,12-6-2)13-7-3/h8,11H,5-7H2,1-4H3. The molecule has 1 rings (SSSR count). The van der Waals surface area contributed by atoms with Crippen LogP contribution in [0.3, 0.4) is 0 Å². The van der Waals surface area contributed by atoms with Gasteiger partial charge in [0.25, 0.3) is 0 Å². The van der Waals surface area contributed by atoms with Crippen molar-refractivity contribution in [3.8, 4) is 0 Å². The minimum atomic E-state index is -1.58. The number of hydrogen-bond donors (Lipinski definition) is 1. The summed E-state index contributed by atoms with van der Waals surface area (Å²) in [5, 5.41) is 10.0. The third-order valence-electron chi connectivity index (χ3n) is 2.62. The van der Waals surface area contributed by atoms with Crippen molar-refractivity contribution in [2.24, 2.45) is 0 Å². The Labute approximate surface area is 85.2 Å².